The van der Waals surface area contributed by atoms with E-state index in [4.69, 9.17) is 0 Å². The Morgan fingerprint density at radius 1 is 0.968 bits per heavy atom. The number of anilines is 1. The van der Waals surface area contributed by atoms with Gasteiger partial charge in [-0.3, -0.25) is 9.59 Å². The molecule has 4 rings (SSSR count). The fourth-order valence-corrected chi connectivity index (χ4v) is 3.86. The molecule has 0 aliphatic heterocycles. The smallest absolute Gasteiger partial charge is 0.230 e. The lowest BCUT2D eigenvalue weighted by Gasteiger charge is -2.05. The van der Waals surface area contributed by atoms with Gasteiger partial charge in [-0.1, -0.05) is 36.4 Å². The molecule has 31 heavy (non-hydrogen) atoms. The molecule has 0 bridgehead atoms. The Kier molecular flexibility index (Phi) is 6.24. The molecule has 4 aromatic rings. The Morgan fingerprint density at radius 3 is 2.32 bits per heavy atom. The molecule has 2 heterocycles. The van der Waals surface area contributed by atoms with Gasteiger partial charge in [0.1, 0.15) is 0 Å². The number of aromatic nitrogens is 2. The molecule has 0 atom stereocenters. The van der Waals surface area contributed by atoms with Gasteiger partial charge in [-0.2, -0.15) is 0 Å². The van der Waals surface area contributed by atoms with E-state index in [2.05, 4.69) is 15.6 Å². The van der Waals surface area contributed by atoms with E-state index in [0.29, 0.717) is 18.1 Å². The number of thiazole rings is 1. The molecule has 156 valence electrons. The van der Waals surface area contributed by atoms with Gasteiger partial charge in [0.25, 0.3) is 0 Å². The molecule has 2 N–H and O–H groups in total. The van der Waals surface area contributed by atoms with Crippen molar-refractivity contribution in [2.45, 2.75) is 19.9 Å². The second-order valence-corrected chi connectivity index (χ2v) is 7.98. The average Bonchev–Trinajstić information content (AvgIpc) is 3.46. The van der Waals surface area contributed by atoms with Crippen LogP contribution in [0.3, 0.4) is 0 Å². The summed E-state index contributed by atoms with van der Waals surface area (Å²) in [5, 5.41) is 8.15. The van der Waals surface area contributed by atoms with Crippen LogP contribution < -0.4 is 10.6 Å². The van der Waals surface area contributed by atoms with E-state index in [-0.39, 0.29) is 11.8 Å². The van der Waals surface area contributed by atoms with E-state index in [0.717, 1.165) is 28.1 Å². The van der Waals surface area contributed by atoms with Crippen LogP contribution in [0.25, 0.3) is 16.9 Å². The maximum atomic E-state index is 12.4. The zero-order valence-electron chi connectivity index (χ0n) is 17.0. The highest BCUT2D eigenvalue weighted by Gasteiger charge is 2.09. The second-order valence-electron chi connectivity index (χ2n) is 7.13. The maximum Gasteiger partial charge on any atom is 0.230 e. The quantitative estimate of drug-likeness (QED) is 0.456. The van der Waals surface area contributed by atoms with Crippen LogP contribution in [-0.2, 0) is 22.6 Å². The normalized spacial score (nSPS) is 10.6. The number of carbonyl (C=O) groups is 2. The van der Waals surface area contributed by atoms with E-state index < -0.39 is 0 Å². The fraction of sp³-hybridized carbons (Fsp3) is 0.125. The number of nitrogens with zero attached hydrogens (tertiary/aromatic N) is 2. The molecule has 0 unspecified atom stereocenters. The van der Waals surface area contributed by atoms with E-state index in [1.54, 1.807) is 0 Å². The highest BCUT2D eigenvalue weighted by Crippen LogP contribution is 2.25. The Hall–Kier alpha value is -3.71. The fourth-order valence-electron chi connectivity index (χ4n) is 3.13. The van der Waals surface area contributed by atoms with Gasteiger partial charge in [0.15, 0.2) is 5.13 Å². The number of nitrogens with one attached hydrogen (secondary N) is 2. The van der Waals surface area contributed by atoms with Crippen molar-refractivity contribution < 1.29 is 9.59 Å². The van der Waals surface area contributed by atoms with Crippen molar-refractivity contribution in [1.82, 2.24) is 14.9 Å². The van der Waals surface area contributed by atoms with Crippen molar-refractivity contribution in [3.8, 4) is 16.9 Å². The monoisotopic (exact) mass is 430 g/mol. The van der Waals surface area contributed by atoms with Gasteiger partial charge < -0.3 is 15.2 Å². The van der Waals surface area contributed by atoms with Crippen molar-refractivity contribution in [3.63, 3.8) is 0 Å². The highest BCUT2D eigenvalue weighted by atomic mass is 32.1. The van der Waals surface area contributed by atoms with E-state index >= 15 is 0 Å². The topological polar surface area (TPSA) is 76.0 Å². The minimum atomic E-state index is -0.0970. The molecule has 2 aromatic carbocycles. The van der Waals surface area contributed by atoms with Crippen molar-refractivity contribution >= 4 is 28.3 Å². The molecular formula is C24H22N4O2S. The summed E-state index contributed by atoms with van der Waals surface area (Å²) in [4.78, 5) is 28.0. The van der Waals surface area contributed by atoms with Gasteiger partial charge in [0, 0.05) is 42.5 Å². The van der Waals surface area contributed by atoms with Gasteiger partial charge in [0.2, 0.25) is 11.8 Å². The zero-order chi connectivity index (χ0) is 21.6. The zero-order valence-corrected chi connectivity index (χ0v) is 17.9. The van der Waals surface area contributed by atoms with Gasteiger partial charge >= 0.3 is 0 Å². The molecule has 2 amide bonds. The number of hydrogen-bond donors (Lipinski definition) is 2. The third kappa shape index (κ3) is 5.46. The second kappa shape index (κ2) is 9.40. The van der Waals surface area contributed by atoms with E-state index in [1.165, 1.54) is 18.3 Å². The maximum absolute atomic E-state index is 12.4. The van der Waals surface area contributed by atoms with Crippen molar-refractivity contribution in [1.29, 1.82) is 0 Å². The summed E-state index contributed by atoms with van der Waals surface area (Å²) in [7, 11) is 0. The Labute approximate surface area is 184 Å². The molecule has 0 aliphatic rings. The number of benzene rings is 2. The summed E-state index contributed by atoms with van der Waals surface area (Å²) in [6, 6.07) is 19.7. The number of hydrogen-bond acceptors (Lipinski definition) is 4. The summed E-state index contributed by atoms with van der Waals surface area (Å²) in [6.45, 7) is 2.00. The van der Waals surface area contributed by atoms with Gasteiger partial charge in [-0.25, -0.2) is 4.98 Å². The molecule has 6 nitrogen and oxygen atoms in total. The van der Waals surface area contributed by atoms with Crippen LogP contribution in [0.4, 0.5) is 5.13 Å². The van der Waals surface area contributed by atoms with Crippen LogP contribution >= 0.6 is 11.3 Å². The summed E-state index contributed by atoms with van der Waals surface area (Å²) in [5.74, 6) is -0.152. The van der Waals surface area contributed by atoms with Gasteiger partial charge in [-0.15, -0.1) is 11.3 Å². The lowest BCUT2D eigenvalue weighted by Crippen LogP contribution is -2.18. The highest BCUT2D eigenvalue weighted by molar-refractivity contribution is 7.14. The van der Waals surface area contributed by atoms with Gasteiger partial charge in [0.05, 0.1) is 12.1 Å². The lowest BCUT2D eigenvalue weighted by atomic mass is 10.1. The average molecular weight is 431 g/mol. The molecule has 0 saturated heterocycles. The third-order valence-corrected chi connectivity index (χ3v) is 5.50. The Morgan fingerprint density at radius 2 is 1.65 bits per heavy atom. The summed E-state index contributed by atoms with van der Waals surface area (Å²) < 4.78 is 2.02. The first kappa shape index (κ1) is 20.6. The van der Waals surface area contributed by atoms with E-state index in [9.17, 15) is 9.59 Å². The molecular weight excluding hydrogens is 408 g/mol. The van der Waals surface area contributed by atoms with Crippen LogP contribution in [0.15, 0.2) is 78.4 Å². The minimum absolute atomic E-state index is 0.0548. The Balaban J connectivity index is 1.34. The van der Waals surface area contributed by atoms with Crippen LogP contribution in [-0.4, -0.2) is 21.4 Å². The van der Waals surface area contributed by atoms with Crippen molar-refractivity contribution in [2.75, 3.05) is 5.32 Å². The van der Waals surface area contributed by atoms with Crippen LogP contribution in [0.2, 0.25) is 0 Å². The molecule has 2 aromatic heterocycles. The van der Waals surface area contributed by atoms with E-state index in [1.807, 2.05) is 83.0 Å². The first-order chi connectivity index (χ1) is 15.1. The van der Waals surface area contributed by atoms with Crippen LogP contribution in [0.1, 0.15) is 18.1 Å². The van der Waals surface area contributed by atoms with Gasteiger partial charge in [-0.05, 0) is 35.4 Å². The minimum Gasteiger partial charge on any atom is -0.352 e. The molecule has 0 spiro atoms. The molecule has 0 radical (unpaired) electrons. The summed E-state index contributed by atoms with van der Waals surface area (Å²) in [6.07, 6.45) is 4.26. The SMILES string of the molecule is CC(=O)NCc1ccc(-c2csc(NC(=O)Cc3ccc(-n4cccc4)cc3)n2)cc1. The predicted molar refractivity (Wildman–Crippen MR) is 123 cm³/mol. The largest absolute Gasteiger partial charge is 0.352 e. The standard InChI is InChI=1S/C24H22N4O2S/c1-17(29)25-15-19-4-8-20(9-5-19)22-16-31-24(26-22)27-23(30)14-18-6-10-21(11-7-18)28-12-2-3-13-28/h2-13,16H,14-15H2,1H3,(H,25,29)(H,26,27,30). The predicted octanol–water partition coefficient (Wildman–Crippen LogP) is 4.42. The molecule has 7 heteroatoms. The molecule has 0 aliphatic carbocycles. The van der Waals surface area contributed by atoms with Crippen LogP contribution in [0.5, 0.6) is 0 Å². The third-order valence-electron chi connectivity index (χ3n) is 4.75. The molecule has 0 saturated carbocycles. The summed E-state index contributed by atoms with van der Waals surface area (Å²) in [5.41, 5.74) is 4.79. The van der Waals surface area contributed by atoms with Crippen molar-refractivity contribution in [3.05, 3.63) is 89.6 Å². The molecule has 0 fully saturated rings. The Bertz CT molecular complexity index is 1160. The van der Waals surface area contributed by atoms with Crippen molar-refractivity contribution in [2.24, 2.45) is 0 Å². The number of carbonyl (C=O) groups excluding carboxylic acids is 2. The lowest BCUT2D eigenvalue weighted by molar-refractivity contribution is -0.119. The first-order valence-corrected chi connectivity index (χ1v) is 10.8. The number of amides is 2. The van der Waals surface area contributed by atoms with Crippen LogP contribution in [0, 0.1) is 0 Å². The first-order valence-electron chi connectivity index (χ1n) is 9.88. The summed E-state index contributed by atoms with van der Waals surface area (Å²) >= 11 is 1.40. The number of rotatable bonds is 7.